The number of anilines is 1. The third-order valence-corrected chi connectivity index (χ3v) is 4.56. The van der Waals surface area contributed by atoms with Gasteiger partial charge in [0.2, 0.25) is 0 Å². The van der Waals surface area contributed by atoms with Crippen molar-refractivity contribution in [2.75, 3.05) is 5.32 Å². The molecule has 21 heavy (non-hydrogen) atoms. The zero-order valence-corrected chi connectivity index (χ0v) is 12.9. The molecule has 0 aliphatic heterocycles. The van der Waals surface area contributed by atoms with Crippen LogP contribution in [0.1, 0.15) is 24.3 Å². The van der Waals surface area contributed by atoms with Crippen molar-refractivity contribution in [3.05, 3.63) is 68.7 Å². The molecule has 1 saturated carbocycles. The van der Waals surface area contributed by atoms with E-state index in [2.05, 4.69) is 45.5 Å². The Bertz CT molecular complexity index is 655. The molecule has 108 valence electrons. The Morgan fingerprint density at radius 3 is 2.48 bits per heavy atom. The summed E-state index contributed by atoms with van der Waals surface area (Å²) < 4.78 is 0.511. The first-order valence-electron chi connectivity index (χ1n) is 6.89. The average molecular weight is 347 g/mol. The molecule has 1 aliphatic rings. The van der Waals surface area contributed by atoms with Crippen LogP contribution in [0.25, 0.3) is 0 Å². The standard InChI is InChI=1S/C16H15BrN2O2/c17-15-10-13(6-7-16(15)19(20)21)18-14-8-12(9-14)11-4-2-1-3-5-11/h1-7,10,12,14,18H,8-9H2. The van der Waals surface area contributed by atoms with Gasteiger partial charge in [0.15, 0.2) is 0 Å². The summed E-state index contributed by atoms with van der Waals surface area (Å²) in [6, 6.07) is 16.0. The number of nitro groups is 1. The number of hydrogen-bond donors (Lipinski definition) is 1. The molecule has 0 spiro atoms. The van der Waals surface area contributed by atoms with Crippen molar-refractivity contribution in [3.63, 3.8) is 0 Å². The summed E-state index contributed by atoms with van der Waals surface area (Å²) in [5.74, 6) is 0.616. The summed E-state index contributed by atoms with van der Waals surface area (Å²) in [6.07, 6.45) is 2.19. The molecular weight excluding hydrogens is 332 g/mol. The first-order chi connectivity index (χ1) is 10.1. The molecule has 0 radical (unpaired) electrons. The minimum Gasteiger partial charge on any atom is -0.382 e. The lowest BCUT2D eigenvalue weighted by Gasteiger charge is -2.37. The van der Waals surface area contributed by atoms with E-state index >= 15 is 0 Å². The van der Waals surface area contributed by atoms with Gasteiger partial charge < -0.3 is 5.32 Å². The van der Waals surface area contributed by atoms with Gasteiger partial charge >= 0.3 is 0 Å². The Kier molecular flexibility index (Phi) is 3.92. The molecule has 2 aromatic rings. The zero-order chi connectivity index (χ0) is 14.8. The number of benzene rings is 2. The molecule has 0 atom stereocenters. The van der Waals surface area contributed by atoms with E-state index in [1.165, 1.54) is 11.6 Å². The topological polar surface area (TPSA) is 55.2 Å². The molecule has 0 saturated heterocycles. The van der Waals surface area contributed by atoms with Crippen molar-refractivity contribution in [3.8, 4) is 0 Å². The SMILES string of the molecule is O=[N+]([O-])c1ccc(NC2CC(c3ccccc3)C2)cc1Br. The van der Waals surface area contributed by atoms with Gasteiger partial charge in [-0.3, -0.25) is 10.1 Å². The van der Waals surface area contributed by atoms with Crippen LogP contribution in [-0.4, -0.2) is 11.0 Å². The molecule has 5 heteroatoms. The summed E-state index contributed by atoms with van der Waals surface area (Å²) in [4.78, 5) is 10.4. The zero-order valence-electron chi connectivity index (χ0n) is 11.3. The summed E-state index contributed by atoms with van der Waals surface area (Å²) in [7, 11) is 0. The molecule has 0 bridgehead atoms. The van der Waals surface area contributed by atoms with Gasteiger partial charge in [-0.1, -0.05) is 30.3 Å². The van der Waals surface area contributed by atoms with Crippen LogP contribution >= 0.6 is 15.9 Å². The molecule has 1 aliphatic carbocycles. The van der Waals surface area contributed by atoms with Gasteiger partial charge in [0, 0.05) is 17.8 Å². The quantitative estimate of drug-likeness (QED) is 0.643. The van der Waals surface area contributed by atoms with Crippen LogP contribution < -0.4 is 5.32 Å². The average Bonchev–Trinajstić information content (AvgIpc) is 2.43. The maximum absolute atomic E-state index is 10.8. The van der Waals surface area contributed by atoms with Crippen LogP contribution in [0.4, 0.5) is 11.4 Å². The number of nitro benzene ring substituents is 1. The highest BCUT2D eigenvalue weighted by molar-refractivity contribution is 9.10. The number of rotatable bonds is 4. The second kappa shape index (κ2) is 5.85. The first-order valence-corrected chi connectivity index (χ1v) is 7.68. The van der Waals surface area contributed by atoms with E-state index < -0.39 is 0 Å². The Hall–Kier alpha value is -1.88. The number of hydrogen-bond acceptors (Lipinski definition) is 3. The third-order valence-electron chi connectivity index (χ3n) is 3.92. The van der Waals surface area contributed by atoms with Gasteiger partial charge in [-0.15, -0.1) is 0 Å². The van der Waals surface area contributed by atoms with Crippen LogP contribution in [0.3, 0.4) is 0 Å². The second-order valence-corrected chi connectivity index (χ2v) is 6.20. The van der Waals surface area contributed by atoms with Crippen LogP contribution in [0, 0.1) is 10.1 Å². The maximum Gasteiger partial charge on any atom is 0.283 e. The fraction of sp³-hybridized carbons (Fsp3) is 0.250. The molecule has 1 fully saturated rings. The van der Waals surface area contributed by atoms with Gasteiger partial charge in [0.1, 0.15) is 0 Å². The molecule has 4 nitrogen and oxygen atoms in total. The summed E-state index contributed by atoms with van der Waals surface area (Å²) in [5.41, 5.74) is 2.40. The minimum atomic E-state index is -0.386. The van der Waals surface area contributed by atoms with Crippen molar-refractivity contribution >= 4 is 27.3 Å². The lowest BCUT2D eigenvalue weighted by Crippen LogP contribution is -2.33. The smallest absolute Gasteiger partial charge is 0.283 e. The van der Waals surface area contributed by atoms with Crippen LogP contribution in [0.15, 0.2) is 53.0 Å². The van der Waals surface area contributed by atoms with Crippen LogP contribution in [-0.2, 0) is 0 Å². The van der Waals surface area contributed by atoms with Gasteiger partial charge in [0.25, 0.3) is 5.69 Å². The fourth-order valence-electron chi connectivity index (χ4n) is 2.71. The van der Waals surface area contributed by atoms with E-state index in [0.29, 0.717) is 16.4 Å². The molecule has 1 N–H and O–H groups in total. The molecular formula is C16H15BrN2O2. The summed E-state index contributed by atoms with van der Waals surface area (Å²) in [6.45, 7) is 0. The maximum atomic E-state index is 10.8. The largest absolute Gasteiger partial charge is 0.382 e. The van der Waals surface area contributed by atoms with Crippen LogP contribution in [0.2, 0.25) is 0 Å². The van der Waals surface area contributed by atoms with E-state index in [1.54, 1.807) is 12.1 Å². The number of halogens is 1. The lowest BCUT2D eigenvalue weighted by molar-refractivity contribution is -0.385. The predicted molar refractivity (Wildman–Crippen MR) is 86.6 cm³/mol. The number of nitrogens with one attached hydrogen (secondary N) is 1. The Labute approximate surface area is 131 Å². The van der Waals surface area contributed by atoms with Gasteiger partial charge in [-0.05, 0) is 52.4 Å². The highest BCUT2D eigenvalue weighted by atomic mass is 79.9. The van der Waals surface area contributed by atoms with Crippen LogP contribution in [0.5, 0.6) is 0 Å². The normalized spacial score (nSPS) is 20.6. The lowest BCUT2D eigenvalue weighted by atomic mass is 9.76. The van der Waals surface area contributed by atoms with E-state index in [1.807, 2.05) is 6.07 Å². The van der Waals surface area contributed by atoms with Gasteiger partial charge in [0.05, 0.1) is 9.40 Å². The Morgan fingerprint density at radius 1 is 1.14 bits per heavy atom. The Morgan fingerprint density at radius 2 is 1.86 bits per heavy atom. The molecule has 0 heterocycles. The first kappa shape index (κ1) is 14.1. The van der Waals surface area contributed by atoms with E-state index in [4.69, 9.17) is 0 Å². The van der Waals surface area contributed by atoms with Crippen molar-refractivity contribution in [2.24, 2.45) is 0 Å². The Balaban J connectivity index is 1.60. The molecule has 0 unspecified atom stereocenters. The van der Waals surface area contributed by atoms with Crippen molar-refractivity contribution in [1.29, 1.82) is 0 Å². The third kappa shape index (κ3) is 3.08. The predicted octanol–water partition coefficient (Wildman–Crippen LogP) is 4.72. The van der Waals surface area contributed by atoms with Gasteiger partial charge in [-0.2, -0.15) is 0 Å². The number of nitrogens with zero attached hydrogens (tertiary/aromatic N) is 1. The van der Waals surface area contributed by atoms with E-state index in [9.17, 15) is 10.1 Å². The van der Waals surface area contributed by atoms with Crippen molar-refractivity contribution in [1.82, 2.24) is 0 Å². The van der Waals surface area contributed by atoms with Crippen molar-refractivity contribution in [2.45, 2.75) is 24.8 Å². The molecule has 0 amide bonds. The summed E-state index contributed by atoms with van der Waals surface area (Å²) in [5, 5.41) is 14.2. The van der Waals surface area contributed by atoms with E-state index in [-0.39, 0.29) is 10.6 Å². The fourth-order valence-corrected chi connectivity index (χ4v) is 3.24. The minimum absolute atomic E-state index is 0.0938. The highest BCUT2D eigenvalue weighted by Crippen LogP contribution is 2.39. The summed E-state index contributed by atoms with van der Waals surface area (Å²) >= 11 is 3.24. The second-order valence-electron chi connectivity index (χ2n) is 5.34. The monoisotopic (exact) mass is 346 g/mol. The van der Waals surface area contributed by atoms with Crippen molar-refractivity contribution < 1.29 is 4.92 Å². The van der Waals surface area contributed by atoms with Gasteiger partial charge in [-0.25, -0.2) is 0 Å². The highest BCUT2D eigenvalue weighted by Gasteiger charge is 2.30. The molecule has 2 aromatic carbocycles. The molecule has 3 rings (SSSR count). The molecule has 0 aromatic heterocycles. The van der Waals surface area contributed by atoms with E-state index in [0.717, 1.165) is 18.5 Å².